The van der Waals surface area contributed by atoms with Gasteiger partial charge in [0, 0.05) is 12.7 Å². The Morgan fingerprint density at radius 1 is 1.64 bits per heavy atom. The lowest BCUT2D eigenvalue weighted by atomic mass is 10.1. The van der Waals surface area contributed by atoms with Gasteiger partial charge in [0.15, 0.2) is 0 Å². The van der Waals surface area contributed by atoms with Gasteiger partial charge in [-0.15, -0.1) is 0 Å². The lowest BCUT2D eigenvalue weighted by Crippen LogP contribution is -2.11. The molecule has 0 saturated heterocycles. The summed E-state index contributed by atoms with van der Waals surface area (Å²) in [5.74, 6) is -1.41. The van der Waals surface area contributed by atoms with Crippen molar-refractivity contribution in [3.8, 4) is 0 Å². The highest BCUT2D eigenvalue weighted by Gasteiger charge is 2.21. The Labute approximate surface area is 78.4 Å². The third kappa shape index (κ3) is 1.85. The lowest BCUT2D eigenvalue weighted by molar-refractivity contribution is 0.0683. The standard InChI is InChI=1S/C8H8F2N2O2/c9-7(10)6-4(8(13)14)1-2-12-5(6)3-11/h1-2,7H,3,11H2,(H,13,14). The molecule has 0 aliphatic carbocycles. The summed E-state index contributed by atoms with van der Waals surface area (Å²) in [6.45, 7) is -0.208. The van der Waals surface area contributed by atoms with Crippen LogP contribution >= 0.6 is 0 Å². The van der Waals surface area contributed by atoms with Crippen molar-refractivity contribution in [2.24, 2.45) is 5.73 Å². The summed E-state index contributed by atoms with van der Waals surface area (Å²) in [6, 6.07) is 1.03. The largest absolute Gasteiger partial charge is 0.478 e. The Bertz CT molecular complexity index is 355. The number of hydrogen-bond donors (Lipinski definition) is 2. The van der Waals surface area contributed by atoms with Gasteiger partial charge in [0.05, 0.1) is 16.8 Å². The maximum atomic E-state index is 12.5. The first-order chi connectivity index (χ1) is 6.57. The molecule has 1 aromatic rings. The zero-order valence-electron chi connectivity index (χ0n) is 7.08. The molecule has 0 aliphatic rings. The van der Waals surface area contributed by atoms with Gasteiger partial charge in [-0.3, -0.25) is 4.98 Å². The molecule has 1 rings (SSSR count). The Hall–Kier alpha value is -1.56. The van der Waals surface area contributed by atoms with Gasteiger partial charge in [-0.25, -0.2) is 13.6 Å². The summed E-state index contributed by atoms with van der Waals surface area (Å²) in [5.41, 5.74) is 4.04. The monoisotopic (exact) mass is 202 g/mol. The predicted octanol–water partition coefficient (Wildman–Crippen LogP) is 1.18. The van der Waals surface area contributed by atoms with Crippen LogP contribution in [0.4, 0.5) is 8.78 Å². The van der Waals surface area contributed by atoms with Crippen molar-refractivity contribution >= 4 is 5.97 Å². The number of pyridine rings is 1. The van der Waals surface area contributed by atoms with Crippen LogP contribution in [-0.2, 0) is 6.54 Å². The molecular weight excluding hydrogens is 194 g/mol. The average Bonchev–Trinajstić information content (AvgIpc) is 2.16. The van der Waals surface area contributed by atoms with E-state index < -0.39 is 23.5 Å². The molecule has 76 valence electrons. The minimum Gasteiger partial charge on any atom is -0.478 e. The van der Waals surface area contributed by atoms with E-state index in [-0.39, 0.29) is 12.2 Å². The van der Waals surface area contributed by atoms with Crippen LogP contribution in [-0.4, -0.2) is 16.1 Å². The van der Waals surface area contributed by atoms with Gasteiger partial charge >= 0.3 is 5.97 Å². The average molecular weight is 202 g/mol. The SMILES string of the molecule is NCc1nccc(C(=O)O)c1C(F)F. The number of hydrogen-bond acceptors (Lipinski definition) is 3. The Balaban J connectivity index is 3.35. The number of carbonyl (C=O) groups is 1. The fraction of sp³-hybridized carbons (Fsp3) is 0.250. The molecule has 6 heteroatoms. The molecule has 0 spiro atoms. The minimum absolute atomic E-state index is 0.0834. The summed E-state index contributed by atoms with van der Waals surface area (Å²) in [7, 11) is 0. The zero-order valence-corrected chi connectivity index (χ0v) is 7.08. The molecule has 0 atom stereocenters. The number of rotatable bonds is 3. The molecular formula is C8H8F2N2O2. The Morgan fingerprint density at radius 3 is 2.71 bits per heavy atom. The van der Waals surface area contributed by atoms with Crippen molar-refractivity contribution in [1.82, 2.24) is 4.98 Å². The molecule has 4 nitrogen and oxygen atoms in total. The van der Waals surface area contributed by atoms with E-state index in [0.29, 0.717) is 0 Å². The Morgan fingerprint density at radius 2 is 2.29 bits per heavy atom. The van der Waals surface area contributed by atoms with Crippen LogP contribution in [0.15, 0.2) is 12.3 Å². The topological polar surface area (TPSA) is 76.2 Å². The normalized spacial score (nSPS) is 10.6. The number of nitrogens with zero attached hydrogens (tertiary/aromatic N) is 1. The second-order valence-electron chi connectivity index (χ2n) is 2.53. The van der Waals surface area contributed by atoms with Crippen LogP contribution < -0.4 is 5.73 Å². The van der Waals surface area contributed by atoms with Crippen molar-refractivity contribution in [2.75, 3.05) is 0 Å². The molecule has 0 radical (unpaired) electrons. The Kier molecular flexibility index (Phi) is 3.08. The van der Waals surface area contributed by atoms with E-state index in [1.54, 1.807) is 0 Å². The number of nitrogens with two attached hydrogens (primary N) is 1. The summed E-state index contributed by atoms with van der Waals surface area (Å²) in [6.07, 6.45) is -1.73. The van der Waals surface area contributed by atoms with Crippen molar-refractivity contribution < 1.29 is 18.7 Å². The fourth-order valence-corrected chi connectivity index (χ4v) is 1.11. The van der Waals surface area contributed by atoms with Gasteiger partial charge in [-0.1, -0.05) is 0 Å². The van der Waals surface area contributed by atoms with Crippen LogP contribution in [0.25, 0.3) is 0 Å². The van der Waals surface area contributed by atoms with Gasteiger partial charge in [-0.05, 0) is 6.07 Å². The smallest absolute Gasteiger partial charge is 0.336 e. The third-order valence-corrected chi connectivity index (χ3v) is 1.71. The van der Waals surface area contributed by atoms with Crippen LogP contribution in [0.2, 0.25) is 0 Å². The molecule has 0 aromatic carbocycles. The summed E-state index contributed by atoms with van der Waals surface area (Å²) in [5, 5.41) is 8.63. The summed E-state index contributed by atoms with van der Waals surface area (Å²) < 4.78 is 25.0. The lowest BCUT2D eigenvalue weighted by Gasteiger charge is -2.08. The molecule has 14 heavy (non-hydrogen) atoms. The molecule has 3 N–H and O–H groups in total. The maximum Gasteiger partial charge on any atom is 0.336 e. The van der Waals surface area contributed by atoms with Gasteiger partial charge in [0.1, 0.15) is 0 Å². The van der Waals surface area contributed by atoms with Gasteiger partial charge in [0.25, 0.3) is 6.43 Å². The van der Waals surface area contributed by atoms with E-state index in [0.717, 1.165) is 12.3 Å². The number of aromatic carboxylic acids is 1. The van der Waals surface area contributed by atoms with Crippen molar-refractivity contribution in [3.05, 3.63) is 29.1 Å². The highest BCUT2D eigenvalue weighted by molar-refractivity contribution is 5.89. The maximum absolute atomic E-state index is 12.5. The fourth-order valence-electron chi connectivity index (χ4n) is 1.11. The highest BCUT2D eigenvalue weighted by Crippen LogP contribution is 2.25. The second kappa shape index (κ2) is 4.10. The minimum atomic E-state index is -2.88. The van der Waals surface area contributed by atoms with Crippen LogP contribution in [0.5, 0.6) is 0 Å². The molecule has 0 saturated carbocycles. The molecule has 0 fully saturated rings. The first kappa shape index (κ1) is 10.5. The van der Waals surface area contributed by atoms with E-state index in [1.165, 1.54) is 0 Å². The number of carboxylic acids is 1. The molecule has 1 aromatic heterocycles. The predicted molar refractivity (Wildman–Crippen MR) is 44.0 cm³/mol. The van der Waals surface area contributed by atoms with Crippen LogP contribution in [0, 0.1) is 0 Å². The number of aromatic nitrogens is 1. The molecule has 0 aliphatic heterocycles. The van der Waals surface area contributed by atoms with E-state index in [9.17, 15) is 13.6 Å². The zero-order chi connectivity index (χ0) is 10.7. The second-order valence-corrected chi connectivity index (χ2v) is 2.53. The van der Waals surface area contributed by atoms with Crippen molar-refractivity contribution in [1.29, 1.82) is 0 Å². The van der Waals surface area contributed by atoms with Gasteiger partial charge in [-0.2, -0.15) is 0 Å². The van der Waals surface area contributed by atoms with Crippen LogP contribution in [0.1, 0.15) is 28.0 Å². The van der Waals surface area contributed by atoms with E-state index in [2.05, 4.69) is 4.98 Å². The third-order valence-electron chi connectivity index (χ3n) is 1.71. The van der Waals surface area contributed by atoms with E-state index in [1.807, 2.05) is 0 Å². The van der Waals surface area contributed by atoms with Gasteiger partial charge in [0.2, 0.25) is 0 Å². The number of carboxylic acid groups (broad SMARTS) is 1. The quantitative estimate of drug-likeness (QED) is 0.771. The number of halogens is 2. The van der Waals surface area contributed by atoms with E-state index in [4.69, 9.17) is 10.8 Å². The molecule has 0 unspecified atom stereocenters. The summed E-state index contributed by atoms with van der Waals surface area (Å²) >= 11 is 0. The molecule has 1 heterocycles. The molecule has 0 bridgehead atoms. The summed E-state index contributed by atoms with van der Waals surface area (Å²) in [4.78, 5) is 14.2. The first-order valence-electron chi connectivity index (χ1n) is 3.77. The highest BCUT2D eigenvalue weighted by atomic mass is 19.3. The molecule has 0 amide bonds. The van der Waals surface area contributed by atoms with E-state index >= 15 is 0 Å². The first-order valence-corrected chi connectivity index (χ1v) is 3.77. The van der Waals surface area contributed by atoms with Gasteiger partial charge < -0.3 is 10.8 Å². The number of alkyl halides is 2. The van der Waals surface area contributed by atoms with Crippen molar-refractivity contribution in [3.63, 3.8) is 0 Å². The van der Waals surface area contributed by atoms with Crippen LogP contribution in [0.3, 0.4) is 0 Å². The van der Waals surface area contributed by atoms with Crippen molar-refractivity contribution in [2.45, 2.75) is 13.0 Å².